The van der Waals surface area contributed by atoms with Crippen molar-refractivity contribution in [3.8, 4) is 0 Å². The maximum absolute atomic E-state index is 10.2. The van der Waals surface area contributed by atoms with Crippen LogP contribution in [0.25, 0.3) is 0 Å². The molecule has 0 rings (SSSR count). The van der Waals surface area contributed by atoms with E-state index < -0.39 is 0 Å². The highest BCUT2D eigenvalue weighted by Gasteiger charge is 1.57. The van der Waals surface area contributed by atoms with Crippen LogP contribution in [0.2, 0.25) is 0 Å². The van der Waals surface area contributed by atoms with Crippen LogP contribution in [0.5, 0.6) is 0 Å². The minimum atomic E-state index is 0.153. The number of alkyl halides is 1. The van der Waals surface area contributed by atoms with Gasteiger partial charge in [0.2, 0.25) is 0 Å². The first-order valence-corrected chi connectivity index (χ1v) is 1.53. The topological polar surface area (TPSA) is 9.23 Å². The molecule has 0 aromatic heterocycles. The van der Waals surface area contributed by atoms with Gasteiger partial charge in [-0.1, -0.05) is 0 Å². The Labute approximate surface area is 35.8 Å². The summed E-state index contributed by atoms with van der Waals surface area (Å²) in [5.74, 6) is 0. The fourth-order valence-electron chi connectivity index (χ4n) is 0. The highest BCUT2D eigenvalue weighted by molar-refractivity contribution is 3.89. The molecule has 0 spiro atoms. The third-order valence-corrected chi connectivity index (χ3v) is 0.109. The van der Waals surface area contributed by atoms with Gasteiger partial charge in [-0.25, -0.2) is 0 Å². The smallest absolute Gasteiger partial charge is 0.0848 e. The summed E-state index contributed by atoms with van der Waals surface area (Å²) in [7, 11) is 0.500. The standard InChI is InChI=1S/C2H5FO.CH3F/c1-2-4-3;1-2/h2H2,1H3;1H3. The molecular weight excluding hydrogens is 90.0 g/mol. The molecule has 0 fully saturated rings. The van der Waals surface area contributed by atoms with Gasteiger partial charge < -0.3 is 0 Å². The van der Waals surface area contributed by atoms with E-state index in [0.29, 0.717) is 7.18 Å². The van der Waals surface area contributed by atoms with Crippen molar-refractivity contribution in [3.05, 3.63) is 0 Å². The molecule has 3 heteroatoms. The molecule has 0 aliphatic heterocycles. The van der Waals surface area contributed by atoms with Crippen LogP contribution in [-0.2, 0) is 4.94 Å². The first kappa shape index (κ1) is 9.27. The van der Waals surface area contributed by atoms with Crippen LogP contribution in [0.15, 0.2) is 0 Å². The zero-order valence-corrected chi connectivity index (χ0v) is 3.87. The van der Waals surface area contributed by atoms with Gasteiger partial charge in [0.15, 0.2) is 0 Å². The fraction of sp³-hybridized carbons (Fsp3) is 1.00. The van der Waals surface area contributed by atoms with E-state index in [2.05, 4.69) is 4.94 Å². The Morgan fingerprint density at radius 2 is 1.67 bits per heavy atom. The minimum absolute atomic E-state index is 0.153. The van der Waals surface area contributed by atoms with Crippen LogP contribution in [0.1, 0.15) is 6.92 Å². The van der Waals surface area contributed by atoms with Crippen LogP contribution in [0.3, 0.4) is 0 Å². The van der Waals surface area contributed by atoms with Gasteiger partial charge in [-0.3, -0.25) is 4.39 Å². The van der Waals surface area contributed by atoms with Gasteiger partial charge in [0.05, 0.1) is 13.8 Å². The normalized spacial score (nSPS) is 6.00. The van der Waals surface area contributed by atoms with Gasteiger partial charge >= 0.3 is 0 Å². The first-order valence-electron chi connectivity index (χ1n) is 1.53. The maximum atomic E-state index is 10.2. The zero-order valence-electron chi connectivity index (χ0n) is 3.87. The molecule has 0 aliphatic rings. The van der Waals surface area contributed by atoms with Crippen molar-refractivity contribution in [3.63, 3.8) is 0 Å². The van der Waals surface area contributed by atoms with Crippen molar-refractivity contribution in [2.75, 3.05) is 13.8 Å². The van der Waals surface area contributed by atoms with E-state index in [9.17, 15) is 8.92 Å². The molecule has 0 heterocycles. The molecule has 0 N–H and O–H groups in total. The number of halogens is 2. The molecule has 0 aromatic rings. The van der Waals surface area contributed by atoms with Gasteiger partial charge in [-0.15, -0.1) is 0 Å². The summed E-state index contributed by atoms with van der Waals surface area (Å²) in [6, 6.07) is 0. The van der Waals surface area contributed by atoms with Crippen molar-refractivity contribution in [2.45, 2.75) is 6.92 Å². The quantitative estimate of drug-likeness (QED) is 0.482. The molecule has 0 bridgehead atoms. The Morgan fingerprint density at radius 1 is 1.50 bits per heavy atom. The molecule has 1 nitrogen and oxygen atoms in total. The van der Waals surface area contributed by atoms with Crippen molar-refractivity contribution >= 4 is 0 Å². The average Bonchev–Trinajstić information content (AvgIpc) is 1.72. The molecule has 6 heavy (non-hydrogen) atoms. The molecule has 0 atom stereocenters. The van der Waals surface area contributed by atoms with Gasteiger partial charge in [-0.05, 0) is 11.4 Å². The largest absolute Gasteiger partial charge is 0.255 e. The molecular formula is C3H8F2O. The summed E-state index contributed by atoms with van der Waals surface area (Å²) in [6.07, 6.45) is 0. The number of hydrogen-bond donors (Lipinski definition) is 0. The molecule has 0 amide bonds. The molecule has 0 saturated carbocycles. The first-order chi connectivity index (χ1) is 2.91. The molecule has 0 saturated heterocycles. The lowest BCUT2D eigenvalue weighted by Gasteiger charge is -1.68. The van der Waals surface area contributed by atoms with Crippen molar-refractivity contribution in [1.82, 2.24) is 0 Å². The number of rotatable bonds is 1. The summed E-state index contributed by atoms with van der Waals surface area (Å²) >= 11 is 0. The lowest BCUT2D eigenvalue weighted by molar-refractivity contribution is -0.125. The van der Waals surface area contributed by atoms with Crippen LogP contribution in [-0.4, -0.2) is 13.8 Å². The van der Waals surface area contributed by atoms with Gasteiger partial charge in [-0.2, -0.15) is 4.94 Å². The maximum Gasteiger partial charge on any atom is 0.0848 e. The second-order valence-corrected chi connectivity index (χ2v) is 0.398. The van der Waals surface area contributed by atoms with E-state index in [4.69, 9.17) is 0 Å². The van der Waals surface area contributed by atoms with E-state index >= 15 is 0 Å². The lowest BCUT2D eigenvalue weighted by atomic mass is 10.9. The van der Waals surface area contributed by atoms with Crippen LogP contribution >= 0.6 is 0 Å². The van der Waals surface area contributed by atoms with E-state index in [0.717, 1.165) is 0 Å². The number of hydrogen-bond acceptors (Lipinski definition) is 1. The highest BCUT2D eigenvalue weighted by atomic mass is 19.3. The summed E-state index contributed by atoms with van der Waals surface area (Å²) in [4.78, 5) is 3.04. The molecule has 40 valence electrons. The Kier molecular flexibility index (Phi) is 32.8. The average molecular weight is 98.1 g/mol. The second kappa shape index (κ2) is 21.2. The second-order valence-electron chi connectivity index (χ2n) is 0.398. The Balaban J connectivity index is 0. The van der Waals surface area contributed by atoms with Crippen LogP contribution in [0, 0.1) is 0 Å². The predicted molar refractivity (Wildman–Crippen MR) is 19.8 cm³/mol. The third kappa shape index (κ3) is 45.2. The SMILES string of the molecule is CCOF.CF. The Bertz CT molecular complexity index is 10.8. The lowest BCUT2D eigenvalue weighted by Crippen LogP contribution is -1.66. The van der Waals surface area contributed by atoms with Gasteiger partial charge in [0, 0.05) is 0 Å². The molecule has 0 unspecified atom stereocenters. The van der Waals surface area contributed by atoms with E-state index in [1.807, 2.05) is 0 Å². The van der Waals surface area contributed by atoms with E-state index in [1.165, 1.54) is 0 Å². The third-order valence-electron chi connectivity index (χ3n) is 0.109. The summed E-state index contributed by atoms with van der Waals surface area (Å²) in [6.45, 7) is 1.74. The highest BCUT2D eigenvalue weighted by Crippen LogP contribution is 1.63. The van der Waals surface area contributed by atoms with Crippen molar-refractivity contribution in [1.29, 1.82) is 0 Å². The zero-order chi connectivity index (χ0) is 5.41. The monoisotopic (exact) mass is 98.1 g/mol. The summed E-state index contributed by atoms with van der Waals surface area (Å²) in [5.41, 5.74) is 0. The van der Waals surface area contributed by atoms with Gasteiger partial charge in [0.1, 0.15) is 0 Å². The van der Waals surface area contributed by atoms with Crippen molar-refractivity contribution < 1.29 is 13.9 Å². The van der Waals surface area contributed by atoms with E-state index in [1.54, 1.807) is 6.92 Å². The van der Waals surface area contributed by atoms with Crippen LogP contribution < -0.4 is 0 Å². The minimum Gasteiger partial charge on any atom is -0.255 e. The molecule has 0 aromatic carbocycles. The molecule has 0 aliphatic carbocycles. The summed E-state index contributed by atoms with van der Waals surface area (Å²) < 4.78 is 19.7. The fourth-order valence-corrected chi connectivity index (χ4v) is 0. The molecule has 0 radical (unpaired) electrons. The van der Waals surface area contributed by atoms with Crippen molar-refractivity contribution in [2.24, 2.45) is 0 Å². The Morgan fingerprint density at radius 3 is 1.67 bits per heavy atom. The Hall–Kier alpha value is -0.180. The van der Waals surface area contributed by atoms with E-state index in [-0.39, 0.29) is 6.61 Å². The van der Waals surface area contributed by atoms with Crippen LogP contribution in [0.4, 0.5) is 8.92 Å². The predicted octanol–water partition coefficient (Wildman–Crippen LogP) is 1.49. The van der Waals surface area contributed by atoms with Gasteiger partial charge in [0.25, 0.3) is 0 Å². The summed E-state index contributed by atoms with van der Waals surface area (Å²) in [5, 5.41) is 0.